The molecule has 0 spiro atoms. The summed E-state index contributed by atoms with van der Waals surface area (Å²) in [6.45, 7) is 17.2. The number of aliphatic hydroxyl groups excluding tert-OH is 1. The van der Waals surface area contributed by atoms with Crippen LogP contribution in [0.1, 0.15) is 41.0 Å². The summed E-state index contributed by atoms with van der Waals surface area (Å²) in [5, 5.41) is 9.29. The topological polar surface area (TPSA) is 66.8 Å². The van der Waals surface area contributed by atoms with Crippen LogP contribution in [0.5, 0.6) is 0 Å². The number of allylic oxidation sites excluding steroid dienone is 1. The van der Waals surface area contributed by atoms with Crippen molar-refractivity contribution >= 4 is 54.7 Å². The molecule has 164 valence electrons. The van der Waals surface area contributed by atoms with Crippen LogP contribution in [0.2, 0.25) is 0 Å². The Morgan fingerprint density at radius 2 is 1.44 bits per heavy atom. The first-order chi connectivity index (χ1) is 12.3. The predicted molar refractivity (Wildman–Crippen MR) is 126 cm³/mol. The van der Waals surface area contributed by atoms with Crippen molar-refractivity contribution in [3.8, 4) is 0 Å². The fraction of sp³-hybridized carbons (Fsp3) is 0.684. The first kappa shape index (κ1) is 37.5. The normalized spacial score (nSPS) is 8.30. The number of hydrogen-bond acceptors (Lipinski definition) is 5. The molecule has 0 aromatic rings. The summed E-state index contributed by atoms with van der Waals surface area (Å²) in [6.07, 6.45) is 3.91. The molecular weight excluding hydrogens is 501 g/mol. The second-order valence-corrected chi connectivity index (χ2v) is 6.27. The molecule has 0 saturated carbocycles. The Kier molecular flexibility index (Phi) is 51.0. The summed E-state index contributed by atoms with van der Waals surface area (Å²) in [5.74, 6) is -0.351. The lowest BCUT2D eigenvalue weighted by atomic mass is 10.5. The summed E-state index contributed by atoms with van der Waals surface area (Å²) in [4.78, 5) is 22.2. The molecule has 0 aliphatic heterocycles. The molecule has 5 nitrogen and oxygen atoms in total. The Balaban J connectivity index is -0.0000000813. The van der Waals surface area contributed by atoms with Crippen molar-refractivity contribution in [1.29, 1.82) is 0 Å². The van der Waals surface area contributed by atoms with E-state index in [-0.39, 0.29) is 13.4 Å². The molecule has 0 saturated heterocycles. The van der Waals surface area contributed by atoms with Crippen molar-refractivity contribution in [2.24, 2.45) is 0 Å². The van der Waals surface area contributed by atoms with Gasteiger partial charge in [0.1, 0.15) is 0 Å². The Labute approximate surface area is 188 Å². The molecular formula is C19H38Br2ClNO4. The number of esters is 1. The van der Waals surface area contributed by atoms with Crippen molar-refractivity contribution in [1.82, 2.24) is 4.90 Å². The minimum atomic E-state index is -0.509. The second-order valence-electron chi connectivity index (χ2n) is 4.31. The first-order valence-electron chi connectivity index (χ1n) is 8.40. The zero-order chi connectivity index (χ0) is 21.2. The fourth-order valence-corrected chi connectivity index (χ4v) is 1.50. The van der Waals surface area contributed by atoms with Gasteiger partial charge in [-0.25, -0.2) is 4.79 Å². The number of carbonyl (C=O) groups is 2. The number of hydrogen-bond donors (Lipinski definition) is 1. The molecule has 8 heteroatoms. The molecule has 0 unspecified atom stereocenters. The van der Waals surface area contributed by atoms with Crippen LogP contribution in [0, 0.1) is 0 Å². The van der Waals surface area contributed by atoms with Crippen LogP contribution in [0.15, 0.2) is 25.3 Å². The first-order valence-corrected chi connectivity index (χ1v) is 11.0. The molecule has 0 aromatic carbocycles. The van der Waals surface area contributed by atoms with E-state index in [2.05, 4.69) is 75.4 Å². The summed E-state index contributed by atoms with van der Waals surface area (Å²) < 4.78 is 4.64. The quantitative estimate of drug-likeness (QED) is 0.136. The van der Waals surface area contributed by atoms with Gasteiger partial charge in [0.25, 0.3) is 0 Å². The fourth-order valence-electron chi connectivity index (χ4n) is 1.02. The van der Waals surface area contributed by atoms with Crippen LogP contribution >= 0.6 is 43.5 Å². The number of rotatable bonds is 10. The van der Waals surface area contributed by atoms with Crippen LogP contribution in [-0.2, 0) is 14.3 Å². The van der Waals surface area contributed by atoms with Gasteiger partial charge in [-0.05, 0) is 50.2 Å². The molecule has 0 radical (unpaired) electrons. The summed E-state index contributed by atoms with van der Waals surface area (Å²) in [6, 6.07) is 0. The van der Waals surface area contributed by atoms with E-state index in [1.165, 1.54) is 19.6 Å². The number of halogens is 3. The lowest BCUT2D eigenvalue weighted by Gasteiger charge is -2.13. The third-order valence-electron chi connectivity index (χ3n) is 2.48. The Morgan fingerprint density at radius 3 is 1.59 bits per heavy atom. The number of carbonyl (C=O) groups excluding carboxylic acids is 2. The summed E-state index contributed by atoms with van der Waals surface area (Å²) in [7, 11) is 0. The zero-order valence-electron chi connectivity index (χ0n) is 16.2. The molecule has 0 aliphatic carbocycles. The van der Waals surface area contributed by atoms with Gasteiger partial charge in [-0.2, -0.15) is 0 Å². The lowest BCUT2D eigenvalue weighted by Crippen LogP contribution is -2.21. The van der Waals surface area contributed by atoms with Crippen molar-refractivity contribution in [2.45, 2.75) is 41.0 Å². The average molecular weight is 540 g/mol. The Bertz CT molecular complexity index is 321. The maximum absolute atomic E-state index is 10.3. The standard InChI is InChI=1S/C6H9BrO2.C6H15N.C3H7BrO.C3H3ClO.CH4/c1-2-6(8)9-5-3-4-7;1-4-7(5-2)6-3;4-2-1-3-5;1-2-3(4)5;/h2H,1,3-5H2;4-6H2,1-3H3;5H,1-3H2;2H,1H2;1H4. The van der Waals surface area contributed by atoms with E-state index < -0.39 is 5.24 Å². The van der Waals surface area contributed by atoms with Gasteiger partial charge in [0.05, 0.1) is 6.61 Å². The highest BCUT2D eigenvalue weighted by molar-refractivity contribution is 9.09. The van der Waals surface area contributed by atoms with Crippen LogP contribution in [-0.4, -0.2) is 64.7 Å². The van der Waals surface area contributed by atoms with E-state index in [4.69, 9.17) is 16.7 Å². The predicted octanol–water partition coefficient (Wildman–Crippen LogP) is 5.19. The highest BCUT2D eigenvalue weighted by Gasteiger charge is 1.91. The van der Waals surface area contributed by atoms with E-state index in [0.717, 1.165) is 35.7 Å². The van der Waals surface area contributed by atoms with Gasteiger partial charge in [0.15, 0.2) is 0 Å². The minimum Gasteiger partial charge on any atom is -0.463 e. The van der Waals surface area contributed by atoms with Crippen LogP contribution in [0.25, 0.3) is 0 Å². The van der Waals surface area contributed by atoms with Gasteiger partial charge in [-0.1, -0.05) is 73.2 Å². The summed E-state index contributed by atoms with van der Waals surface area (Å²) >= 11 is 11.1. The minimum absolute atomic E-state index is 0. The second kappa shape index (κ2) is 36.7. The van der Waals surface area contributed by atoms with Gasteiger partial charge in [0, 0.05) is 23.3 Å². The SMILES string of the molecule is C.C=CC(=O)Cl.C=CC(=O)OCCCBr.CCN(CC)CC.OCCCBr. The molecule has 0 bridgehead atoms. The average Bonchev–Trinajstić information content (AvgIpc) is 2.65. The van der Waals surface area contributed by atoms with Gasteiger partial charge >= 0.3 is 5.97 Å². The number of ether oxygens (including phenoxy) is 1. The van der Waals surface area contributed by atoms with E-state index in [9.17, 15) is 9.59 Å². The van der Waals surface area contributed by atoms with Gasteiger partial charge in [0.2, 0.25) is 5.24 Å². The number of alkyl halides is 2. The molecule has 27 heavy (non-hydrogen) atoms. The molecule has 0 aliphatic rings. The van der Waals surface area contributed by atoms with E-state index >= 15 is 0 Å². The largest absolute Gasteiger partial charge is 0.463 e. The third kappa shape index (κ3) is 51.8. The Morgan fingerprint density at radius 1 is 1.04 bits per heavy atom. The zero-order valence-corrected chi connectivity index (χ0v) is 20.1. The number of aliphatic hydroxyl groups is 1. The molecule has 1 N–H and O–H groups in total. The maximum Gasteiger partial charge on any atom is 0.330 e. The van der Waals surface area contributed by atoms with E-state index in [0.29, 0.717) is 13.2 Å². The molecule has 0 heterocycles. The van der Waals surface area contributed by atoms with Gasteiger partial charge < -0.3 is 14.7 Å². The van der Waals surface area contributed by atoms with Crippen LogP contribution in [0.3, 0.4) is 0 Å². The van der Waals surface area contributed by atoms with Crippen molar-refractivity contribution < 1.29 is 19.4 Å². The Hall–Kier alpha value is -0.210. The van der Waals surface area contributed by atoms with Crippen molar-refractivity contribution in [2.75, 3.05) is 43.5 Å². The maximum atomic E-state index is 10.3. The van der Waals surface area contributed by atoms with Gasteiger partial charge in [-0.15, -0.1) is 0 Å². The molecule has 0 amide bonds. The van der Waals surface area contributed by atoms with E-state index in [1.807, 2.05) is 0 Å². The van der Waals surface area contributed by atoms with Gasteiger partial charge in [-0.3, -0.25) is 4.79 Å². The molecule has 0 rings (SSSR count). The molecule has 0 aromatic heterocycles. The highest BCUT2D eigenvalue weighted by Crippen LogP contribution is 1.89. The molecule has 0 fully saturated rings. The van der Waals surface area contributed by atoms with Crippen molar-refractivity contribution in [3.63, 3.8) is 0 Å². The van der Waals surface area contributed by atoms with E-state index in [1.54, 1.807) is 0 Å². The number of nitrogens with zero attached hydrogens (tertiary/aromatic N) is 1. The van der Waals surface area contributed by atoms with Crippen molar-refractivity contribution in [3.05, 3.63) is 25.3 Å². The molecule has 0 atom stereocenters. The third-order valence-corrected chi connectivity index (χ3v) is 3.76. The smallest absolute Gasteiger partial charge is 0.330 e. The highest BCUT2D eigenvalue weighted by atomic mass is 79.9. The van der Waals surface area contributed by atoms with Crippen LogP contribution in [0.4, 0.5) is 0 Å². The van der Waals surface area contributed by atoms with Crippen LogP contribution < -0.4 is 0 Å². The lowest BCUT2D eigenvalue weighted by molar-refractivity contribution is -0.137. The summed E-state index contributed by atoms with van der Waals surface area (Å²) in [5.41, 5.74) is 0. The monoisotopic (exact) mass is 537 g/mol.